The zero-order chi connectivity index (χ0) is 33.7. The van der Waals surface area contributed by atoms with Crippen LogP contribution in [0.5, 0.6) is 0 Å². The number of nitrogens with zero attached hydrogens (tertiary/aromatic N) is 2. The number of aromatic amines is 1. The number of allylic oxidation sites excluding steroid dienone is 1. The molecule has 12 heteroatoms. The fourth-order valence-electron chi connectivity index (χ4n) is 7.60. The Labute approximate surface area is 275 Å². The number of amides is 3. The number of carbonyl (C=O) groups excluding carboxylic acids is 4. The molecule has 1 saturated heterocycles. The van der Waals surface area contributed by atoms with Crippen LogP contribution in [0.15, 0.2) is 30.4 Å². The topological polar surface area (TPSA) is 143 Å². The average Bonchev–Trinajstić information content (AvgIpc) is 3.68. The largest absolute Gasteiger partial charge is 0.461 e. The molecule has 2 aromatic rings. The molecule has 0 aromatic carbocycles. The monoisotopic (exact) mass is 653 g/mol. The van der Waals surface area contributed by atoms with Gasteiger partial charge in [0.05, 0.1) is 24.0 Å². The van der Waals surface area contributed by atoms with Gasteiger partial charge in [-0.05, 0) is 83.8 Å². The highest BCUT2D eigenvalue weighted by Gasteiger charge is 2.47. The second-order valence-electron chi connectivity index (χ2n) is 14.1. The fraction of sp³-hybridized carbons (Fsp3) is 0.629. The fourth-order valence-corrected chi connectivity index (χ4v) is 7.60. The van der Waals surface area contributed by atoms with E-state index in [9.17, 15) is 23.6 Å². The number of fused-ring (bicyclic) bond motifs is 1. The number of pyridine rings is 1. The number of hydrogen-bond acceptors (Lipinski definition) is 7. The van der Waals surface area contributed by atoms with Crippen LogP contribution < -0.4 is 10.6 Å². The molecule has 11 nitrogen and oxygen atoms in total. The molecule has 47 heavy (non-hydrogen) atoms. The van der Waals surface area contributed by atoms with Crippen molar-refractivity contribution in [2.24, 2.45) is 23.7 Å². The van der Waals surface area contributed by atoms with Gasteiger partial charge >= 0.3 is 12.1 Å². The number of hydrogen-bond donors (Lipinski definition) is 3. The van der Waals surface area contributed by atoms with Crippen molar-refractivity contribution in [2.45, 2.75) is 104 Å². The van der Waals surface area contributed by atoms with E-state index in [0.29, 0.717) is 66.9 Å². The Morgan fingerprint density at radius 2 is 1.72 bits per heavy atom. The highest BCUT2D eigenvalue weighted by atomic mass is 19.1. The molecule has 0 radical (unpaired) electrons. The molecule has 0 unspecified atom stereocenters. The molecule has 5 rings (SSSR count). The number of esters is 1. The Kier molecular flexibility index (Phi) is 10.9. The van der Waals surface area contributed by atoms with E-state index >= 15 is 0 Å². The van der Waals surface area contributed by atoms with Crippen molar-refractivity contribution in [3.63, 3.8) is 0 Å². The number of alkyl carbamates (subject to hydrolysis) is 1. The van der Waals surface area contributed by atoms with Crippen molar-refractivity contribution in [1.29, 1.82) is 0 Å². The van der Waals surface area contributed by atoms with Gasteiger partial charge < -0.3 is 24.7 Å². The van der Waals surface area contributed by atoms with Crippen LogP contribution in [-0.2, 0) is 19.1 Å². The highest BCUT2D eigenvalue weighted by Crippen LogP contribution is 2.41. The zero-order valence-electron chi connectivity index (χ0n) is 27.9. The Hall–Kier alpha value is -3.96. The molecule has 3 N–H and O–H groups in total. The lowest BCUT2D eigenvalue weighted by molar-refractivity contribution is -0.142. The van der Waals surface area contributed by atoms with Crippen LogP contribution in [0.3, 0.4) is 0 Å². The van der Waals surface area contributed by atoms with Crippen LogP contribution in [0.2, 0.25) is 0 Å². The first-order valence-corrected chi connectivity index (χ1v) is 17.0. The lowest BCUT2D eigenvalue weighted by Crippen LogP contribution is -2.50. The Morgan fingerprint density at radius 3 is 2.38 bits per heavy atom. The van der Waals surface area contributed by atoms with Gasteiger partial charge in [-0.2, -0.15) is 0 Å². The molecule has 3 fully saturated rings. The van der Waals surface area contributed by atoms with Gasteiger partial charge in [0.2, 0.25) is 11.8 Å². The van der Waals surface area contributed by atoms with Gasteiger partial charge in [0.25, 0.3) is 0 Å². The molecule has 3 heterocycles. The minimum absolute atomic E-state index is 0.0408. The molecule has 0 spiro atoms. The van der Waals surface area contributed by atoms with E-state index in [1.807, 2.05) is 0 Å². The molecular weight excluding hydrogens is 605 g/mol. The molecule has 0 bridgehead atoms. The van der Waals surface area contributed by atoms with E-state index in [4.69, 9.17) is 9.47 Å². The van der Waals surface area contributed by atoms with Crippen molar-refractivity contribution >= 4 is 40.6 Å². The minimum atomic E-state index is -0.706. The number of rotatable bonds is 8. The summed E-state index contributed by atoms with van der Waals surface area (Å²) in [5.74, 6) is -0.499. The summed E-state index contributed by atoms with van der Waals surface area (Å²) in [5, 5.41) is 6.24. The summed E-state index contributed by atoms with van der Waals surface area (Å²) in [4.78, 5) is 61.8. The van der Waals surface area contributed by atoms with Gasteiger partial charge in [-0.25, -0.2) is 19.0 Å². The summed E-state index contributed by atoms with van der Waals surface area (Å²) < 4.78 is 24.2. The van der Waals surface area contributed by atoms with Gasteiger partial charge in [-0.1, -0.05) is 32.1 Å². The maximum absolute atomic E-state index is 14.1. The molecule has 1 aliphatic heterocycles. The third kappa shape index (κ3) is 8.31. The second kappa shape index (κ2) is 14.9. The number of carbonyl (C=O) groups is 4. The first-order chi connectivity index (χ1) is 22.5. The van der Waals surface area contributed by atoms with E-state index in [-0.39, 0.29) is 41.9 Å². The van der Waals surface area contributed by atoms with Gasteiger partial charge in [-0.3, -0.25) is 14.9 Å². The zero-order valence-corrected chi connectivity index (χ0v) is 27.9. The summed E-state index contributed by atoms with van der Waals surface area (Å²) in [6.45, 7) is 7.74. The lowest BCUT2D eigenvalue weighted by Gasteiger charge is -2.36. The number of halogens is 1. The average molecular weight is 654 g/mol. The van der Waals surface area contributed by atoms with Gasteiger partial charge in [0.15, 0.2) is 0 Å². The number of anilines is 1. The Balaban J connectivity index is 1.28. The van der Waals surface area contributed by atoms with Crippen LogP contribution in [0.4, 0.5) is 15.0 Å². The van der Waals surface area contributed by atoms with Crippen molar-refractivity contribution in [2.75, 3.05) is 18.5 Å². The number of ether oxygens (including phenoxy) is 2. The number of H-pyrrole nitrogens is 1. The first kappa shape index (κ1) is 34.4. The van der Waals surface area contributed by atoms with Crippen molar-refractivity contribution in [1.82, 2.24) is 20.2 Å². The van der Waals surface area contributed by atoms with Crippen molar-refractivity contribution < 1.29 is 33.0 Å². The van der Waals surface area contributed by atoms with Crippen LogP contribution in [-0.4, -0.2) is 63.5 Å². The quantitative estimate of drug-likeness (QED) is 0.272. The molecule has 2 aliphatic carbocycles. The van der Waals surface area contributed by atoms with Gasteiger partial charge in [0, 0.05) is 23.8 Å². The van der Waals surface area contributed by atoms with Gasteiger partial charge in [-0.15, -0.1) is 0 Å². The number of nitrogens with one attached hydrogen (secondary N) is 3. The smallest absolute Gasteiger partial charge is 0.411 e. The Bertz CT molecular complexity index is 1480. The molecule has 2 aromatic heterocycles. The van der Waals surface area contributed by atoms with E-state index in [1.165, 1.54) is 6.42 Å². The van der Waals surface area contributed by atoms with E-state index < -0.39 is 23.7 Å². The Morgan fingerprint density at radius 1 is 1.02 bits per heavy atom. The van der Waals surface area contributed by atoms with E-state index in [1.54, 1.807) is 50.9 Å². The minimum Gasteiger partial charge on any atom is -0.461 e. The van der Waals surface area contributed by atoms with E-state index in [0.717, 1.165) is 32.1 Å². The molecule has 256 valence electrons. The number of likely N-dealkylation sites (tertiary alicyclic amines) is 1. The van der Waals surface area contributed by atoms with Crippen molar-refractivity contribution in [3.8, 4) is 0 Å². The maximum Gasteiger partial charge on any atom is 0.411 e. The third-order valence-corrected chi connectivity index (χ3v) is 9.78. The normalized spacial score (nSPS) is 24.2. The third-order valence-electron chi connectivity index (χ3n) is 9.78. The van der Waals surface area contributed by atoms with Gasteiger partial charge in [0.1, 0.15) is 29.5 Å². The predicted octanol–water partition coefficient (Wildman–Crippen LogP) is 6.62. The standard InChI is InChI=1S/C35H48FN5O6/c1-5-46-33(44)26-17-24-18-29(37-20-28(24)38-26)40-31(42)30-25(21-9-7-6-8-10-21)15-16-41(30)32(43)23-13-11-22(12-14-23)27(19-36)39-34(45)47-35(2,3)4/h17-23,25,30,38H,5-16H2,1-4H3,(H,39,45)(H,37,40,42)/b27-19+/t22?,23?,25-,30-/m0/s1. The van der Waals surface area contributed by atoms with Crippen LogP contribution in [0.1, 0.15) is 102 Å². The SMILES string of the molecule is CCOC(=O)c1cc2cc(NC(=O)[C@@H]3[C@H](C4CCCCC4)CCN3C(=O)C3CCC(/C(=C\F)NC(=O)OC(C)(C)C)CC3)ncc2[nH]1. The summed E-state index contributed by atoms with van der Waals surface area (Å²) >= 11 is 0. The summed E-state index contributed by atoms with van der Waals surface area (Å²) in [6.07, 6.45) is 9.74. The molecule has 3 amide bonds. The lowest BCUT2D eigenvalue weighted by atomic mass is 9.76. The van der Waals surface area contributed by atoms with Crippen LogP contribution in [0, 0.1) is 23.7 Å². The molecular formula is C35H48FN5O6. The second-order valence-corrected chi connectivity index (χ2v) is 14.1. The summed E-state index contributed by atoms with van der Waals surface area (Å²) in [6, 6.07) is 2.77. The highest BCUT2D eigenvalue weighted by molar-refractivity contribution is 6.00. The summed E-state index contributed by atoms with van der Waals surface area (Å²) in [5.41, 5.74) is 0.414. The predicted molar refractivity (Wildman–Crippen MR) is 175 cm³/mol. The van der Waals surface area contributed by atoms with Crippen LogP contribution in [0.25, 0.3) is 10.9 Å². The first-order valence-electron chi connectivity index (χ1n) is 17.0. The number of aromatic nitrogens is 2. The molecule has 2 atom stereocenters. The maximum atomic E-state index is 14.1. The molecule has 3 aliphatic rings. The van der Waals surface area contributed by atoms with Crippen molar-refractivity contribution in [3.05, 3.63) is 36.1 Å². The van der Waals surface area contributed by atoms with E-state index in [2.05, 4.69) is 20.6 Å². The summed E-state index contributed by atoms with van der Waals surface area (Å²) in [7, 11) is 0. The molecule has 2 saturated carbocycles. The van der Waals surface area contributed by atoms with Crippen LogP contribution >= 0.6 is 0 Å².